The first-order valence-electron chi connectivity index (χ1n) is 6.07. The van der Waals surface area contributed by atoms with Gasteiger partial charge in [-0.2, -0.15) is 5.10 Å². The normalized spacial score (nSPS) is 17.2. The van der Waals surface area contributed by atoms with Crippen LogP contribution in [0.3, 0.4) is 0 Å². The van der Waals surface area contributed by atoms with Crippen molar-refractivity contribution in [3.05, 3.63) is 16.0 Å². The van der Waals surface area contributed by atoms with E-state index in [2.05, 4.69) is 38.0 Å². The Balaban J connectivity index is 1.95. The summed E-state index contributed by atoms with van der Waals surface area (Å²) in [6.07, 6.45) is 3.91. The third-order valence-electron chi connectivity index (χ3n) is 3.28. The van der Waals surface area contributed by atoms with E-state index in [4.69, 9.17) is 4.74 Å². The van der Waals surface area contributed by atoms with Gasteiger partial charge in [0.05, 0.1) is 10.9 Å². The molecule has 0 spiro atoms. The van der Waals surface area contributed by atoms with E-state index in [9.17, 15) is 0 Å². The van der Waals surface area contributed by atoms with Crippen LogP contribution in [0.4, 0.5) is 5.82 Å². The highest BCUT2D eigenvalue weighted by molar-refractivity contribution is 14.1. The second-order valence-corrected chi connectivity index (χ2v) is 5.52. The molecule has 0 aromatic carbocycles. The molecule has 0 saturated carbocycles. The third kappa shape index (κ3) is 2.18. The molecular formula is C12H15IN4O. The molecular weight excluding hydrogens is 343 g/mol. The van der Waals surface area contributed by atoms with Gasteiger partial charge < -0.3 is 10.1 Å². The van der Waals surface area contributed by atoms with Crippen LogP contribution in [0.15, 0.2) is 12.3 Å². The number of hydrogen-bond acceptors (Lipinski definition) is 4. The smallest absolute Gasteiger partial charge is 0.138 e. The predicted octanol–water partition coefficient (Wildman–Crippen LogP) is 2.16. The first kappa shape index (κ1) is 12.2. The lowest BCUT2D eigenvalue weighted by Gasteiger charge is -2.23. The van der Waals surface area contributed by atoms with E-state index >= 15 is 0 Å². The summed E-state index contributed by atoms with van der Waals surface area (Å²) in [7, 11) is 1.96. The first-order chi connectivity index (χ1) is 8.75. The molecule has 18 heavy (non-hydrogen) atoms. The summed E-state index contributed by atoms with van der Waals surface area (Å²) in [4.78, 5) is 4.47. The van der Waals surface area contributed by atoms with Crippen molar-refractivity contribution in [1.82, 2.24) is 14.8 Å². The quantitative estimate of drug-likeness (QED) is 0.837. The average molecular weight is 358 g/mol. The lowest BCUT2D eigenvalue weighted by molar-refractivity contribution is 0.0904. The van der Waals surface area contributed by atoms with Gasteiger partial charge in [-0.3, -0.25) is 4.68 Å². The molecule has 3 heterocycles. The number of aryl methyl sites for hydroxylation is 1. The molecule has 1 saturated heterocycles. The minimum Gasteiger partial charge on any atom is -0.381 e. The molecule has 1 fully saturated rings. The van der Waals surface area contributed by atoms with Gasteiger partial charge in [0.25, 0.3) is 0 Å². The Kier molecular flexibility index (Phi) is 3.38. The lowest BCUT2D eigenvalue weighted by atomic mass is 10.1. The second-order valence-electron chi connectivity index (χ2n) is 4.50. The fraction of sp³-hybridized carbons (Fsp3) is 0.500. The van der Waals surface area contributed by atoms with Gasteiger partial charge in [0.2, 0.25) is 0 Å². The van der Waals surface area contributed by atoms with Crippen LogP contribution in [0.2, 0.25) is 0 Å². The zero-order valence-electron chi connectivity index (χ0n) is 10.2. The fourth-order valence-electron chi connectivity index (χ4n) is 2.30. The van der Waals surface area contributed by atoms with Crippen molar-refractivity contribution < 1.29 is 4.74 Å². The van der Waals surface area contributed by atoms with Gasteiger partial charge in [-0.25, -0.2) is 4.98 Å². The largest absolute Gasteiger partial charge is 0.381 e. The van der Waals surface area contributed by atoms with Crippen LogP contribution < -0.4 is 5.32 Å². The Morgan fingerprint density at radius 1 is 1.44 bits per heavy atom. The maximum absolute atomic E-state index is 5.37. The summed E-state index contributed by atoms with van der Waals surface area (Å²) in [5, 5.41) is 9.09. The Bertz CT molecular complexity index is 562. The molecule has 0 aliphatic carbocycles. The zero-order chi connectivity index (χ0) is 12.5. The molecule has 0 unspecified atom stereocenters. The number of pyridine rings is 1. The molecule has 96 valence electrons. The summed E-state index contributed by atoms with van der Waals surface area (Å²) in [6.45, 7) is 1.66. The molecule has 6 heteroatoms. The average Bonchev–Trinajstić information content (AvgIpc) is 2.67. The van der Waals surface area contributed by atoms with Gasteiger partial charge in [-0.05, 0) is 41.5 Å². The Morgan fingerprint density at radius 3 is 3.00 bits per heavy atom. The van der Waals surface area contributed by atoms with E-state index in [0.29, 0.717) is 6.04 Å². The van der Waals surface area contributed by atoms with E-state index in [1.807, 2.05) is 24.0 Å². The summed E-state index contributed by atoms with van der Waals surface area (Å²) >= 11 is 2.26. The Hall–Kier alpha value is -0.890. The van der Waals surface area contributed by atoms with Crippen LogP contribution in [0.5, 0.6) is 0 Å². The van der Waals surface area contributed by atoms with Gasteiger partial charge in [0.15, 0.2) is 0 Å². The molecule has 0 amide bonds. The maximum Gasteiger partial charge on any atom is 0.138 e. The molecule has 1 N–H and O–H groups in total. The number of ether oxygens (including phenoxy) is 1. The van der Waals surface area contributed by atoms with Crippen molar-refractivity contribution in [2.45, 2.75) is 18.9 Å². The number of nitrogens with one attached hydrogen (secondary N) is 1. The lowest BCUT2D eigenvalue weighted by Crippen LogP contribution is -2.28. The van der Waals surface area contributed by atoms with Gasteiger partial charge in [-0.1, -0.05) is 0 Å². The highest BCUT2D eigenvalue weighted by atomic mass is 127. The van der Waals surface area contributed by atoms with Crippen molar-refractivity contribution in [3.63, 3.8) is 0 Å². The molecule has 2 aromatic heterocycles. The highest BCUT2D eigenvalue weighted by Gasteiger charge is 2.17. The van der Waals surface area contributed by atoms with Crippen molar-refractivity contribution >= 4 is 39.3 Å². The van der Waals surface area contributed by atoms with E-state index in [1.54, 1.807) is 0 Å². The van der Waals surface area contributed by atoms with Crippen molar-refractivity contribution in [2.75, 3.05) is 18.5 Å². The molecule has 3 rings (SSSR count). The molecule has 0 bridgehead atoms. The molecule has 2 aromatic rings. The number of halogens is 1. The predicted molar refractivity (Wildman–Crippen MR) is 78.7 cm³/mol. The number of fused-ring (bicyclic) bond motifs is 1. The Morgan fingerprint density at radius 2 is 2.22 bits per heavy atom. The zero-order valence-corrected chi connectivity index (χ0v) is 12.3. The van der Waals surface area contributed by atoms with Gasteiger partial charge >= 0.3 is 0 Å². The summed E-state index contributed by atoms with van der Waals surface area (Å²) in [5.74, 6) is 0.942. The molecule has 0 radical (unpaired) electrons. The van der Waals surface area contributed by atoms with E-state index in [-0.39, 0.29) is 0 Å². The van der Waals surface area contributed by atoms with Crippen LogP contribution in [0.25, 0.3) is 10.9 Å². The van der Waals surface area contributed by atoms with Crippen molar-refractivity contribution in [2.24, 2.45) is 7.05 Å². The molecule has 0 atom stereocenters. The third-order valence-corrected chi connectivity index (χ3v) is 4.04. The highest BCUT2D eigenvalue weighted by Crippen LogP contribution is 2.27. The fourth-order valence-corrected chi connectivity index (χ4v) is 3.16. The number of aromatic nitrogens is 3. The number of hydrogen-bond donors (Lipinski definition) is 1. The van der Waals surface area contributed by atoms with Crippen LogP contribution in [0.1, 0.15) is 12.8 Å². The number of anilines is 1. The maximum atomic E-state index is 5.37. The van der Waals surface area contributed by atoms with E-state index in [0.717, 1.165) is 46.5 Å². The minimum absolute atomic E-state index is 0.452. The molecule has 1 aliphatic heterocycles. The molecule has 5 nitrogen and oxygen atoms in total. The van der Waals surface area contributed by atoms with Crippen LogP contribution >= 0.6 is 22.6 Å². The van der Waals surface area contributed by atoms with Crippen molar-refractivity contribution in [1.29, 1.82) is 0 Å². The van der Waals surface area contributed by atoms with Gasteiger partial charge in [0, 0.05) is 32.5 Å². The standard InChI is InChI=1S/C12H15IN4O/c1-17-9-2-5-14-12(10(9)11(13)16-17)15-8-3-6-18-7-4-8/h2,5,8H,3-4,6-7H2,1H3,(H,14,15). The Labute approximate surface area is 119 Å². The van der Waals surface area contributed by atoms with Crippen LogP contribution in [0, 0.1) is 3.70 Å². The topological polar surface area (TPSA) is 52.0 Å². The van der Waals surface area contributed by atoms with Crippen LogP contribution in [-0.4, -0.2) is 34.0 Å². The molecule has 1 aliphatic rings. The van der Waals surface area contributed by atoms with Gasteiger partial charge in [0.1, 0.15) is 9.52 Å². The van der Waals surface area contributed by atoms with E-state index in [1.165, 1.54) is 0 Å². The summed E-state index contributed by atoms with van der Waals surface area (Å²) < 4.78 is 8.26. The van der Waals surface area contributed by atoms with Crippen molar-refractivity contribution in [3.8, 4) is 0 Å². The monoisotopic (exact) mass is 358 g/mol. The summed E-state index contributed by atoms with van der Waals surface area (Å²) in [6, 6.07) is 2.45. The minimum atomic E-state index is 0.452. The number of nitrogens with zero attached hydrogens (tertiary/aromatic N) is 3. The second kappa shape index (κ2) is 5.00. The van der Waals surface area contributed by atoms with E-state index < -0.39 is 0 Å². The summed E-state index contributed by atoms with van der Waals surface area (Å²) in [5.41, 5.74) is 1.11. The first-order valence-corrected chi connectivity index (χ1v) is 7.15. The number of rotatable bonds is 2. The van der Waals surface area contributed by atoms with Gasteiger partial charge in [-0.15, -0.1) is 0 Å². The SMILES string of the molecule is Cn1nc(I)c2c(NC3CCOCC3)nccc21. The van der Waals surface area contributed by atoms with Crippen LogP contribution in [-0.2, 0) is 11.8 Å².